The number of sulfonamides is 3. The second-order valence-corrected chi connectivity index (χ2v) is 19.5. The fourth-order valence-electron chi connectivity index (χ4n) is 5.91. The smallest absolute Gasteiger partial charge is 0.278 e. The number of amides is 2. The van der Waals surface area contributed by atoms with E-state index in [2.05, 4.69) is 40.4 Å². The molecule has 0 fully saturated rings. The number of benzene rings is 4. The predicted octanol–water partition coefficient (Wildman–Crippen LogP) is 4.53. The molecule has 328 valence electrons. The molecule has 0 unspecified atom stereocenters. The van der Waals surface area contributed by atoms with Gasteiger partial charge in [0.15, 0.2) is 28.8 Å². The summed E-state index contributed by atoms with van der Waals surface area (Å²) in [5, 5.41) is 8.81. The van der Waals surface area contributed by atoms with Gasteiger partial charge < -0.3 is 26.6 Å². The molecule has 7 aromatic rings. The Kier molecular flexibility index (Phi) is 12.5. The fraction of sp³-hybridized carbons (Fsp3) is 0.0976. The monoisotopic (exact) mass is 923 g/mol. The van der Waals surface area contributed by atoms with Crippen LogP contribution in [0.15, 0.2) is 130 Å². The zero-order chi connectivity index (χ0) is 45.8. The Hall–Kier alpha value is -7.60. The molecule has 0 bridgehead atoms. The third-order valence-electron chi connectivity index (χ3n) is 9.24. The minimum Gasteiger partial charge on any atom is -0.382 e. The SMILES string of the molecule is Cc1ccc(-c2cnc(N)c(C(=O)Nc3ccc(S(=O)(=O)NS(=O)(=O)CCc4ccc(-c5cnc(N)c(C(=O)Nc6ccc(S(=O)(=O)Nc7cc(C)on7)cc6)n5)cc4)cc3)n2)cc1. The van der Waals surface area contributed by atoms with Crippen molar-refractivity contribution in [2.45, 2.75) is 30.1 Å². The van der Waals surface area contributed by atoms with Crippen LogP contribution in [-0.2, 0) is 36.5 Å². The molecule has 0 aliphatic rings. The van der Waals surface area contributed by atoms with Gasteiger partial charge in [-0.25, -0.2) is 45.2 Å². The molecule has 0 atom stereocenters. The topological polar surface area (TPSA) is 314 Å². The average Bonchev–Trinajstić information content (AvgIpc) is 3.67. The third-order valence-corrected chi connectivity index (χ3v) is 14.1. The van der Waals surface area contributed by atoms with E-state index >= 15 is 0 Å². The number of carbonyl (C=O) groups is 2. The van der Waals surface area contributed by atoms with Crippen molar-refractivity contribution in [2.75, 3.05) is 32.6 Å². The van der Waals surface area contributed by atoms with E-state index in [-0.39, 0.29) is 62.1 Å². The number of hydrogen-bond acceptors (Lipinski definition) is 16. The number of nitrogens with zero attached hydrogens (tertiary/aromatic N) is 5. The molecule has 2 amide bonds. The highest BCUT2D eigenvalue weighted by Gasteiger charge is 2.24. The Morgan fingerprint density at radius 3 is 1.56 bits per heavy atom. The van der Waals surface area contributed by atoms with E-state index in [9.17, 15) is 34.8 Å². The molecule has 0 saturated carbocycles. The first-order chi connectivity index (χ1) is 30.3. The van der Waals surface area contributed by atoms with Crippen LogP contribution < -0.4 is 31.0 Å². The highest BCUT2D eigenvalue weighted by Crippen LogP contribution is 2.24. The van der Waals surface area contributed by atoms with Crippen LogP contribution >= 0.6 is 0 Å². The standard InChI is InChI=1S/C41H37N11O9S3/c1-24-3-7-27(8-4-24)33-22-44-38(42)36(48-33)40(53)47-30-13-17-32(18-14-30)64(59,60)52-62(55,56)20-19-26-5-9-28(10-6-26)34-23-45-39(43)37(49-34)41(54)46-29-11-15-31(16-12-29)63(57,58)51-35-21-25(2)61-50-35/h3-18,21-23,52H,19-20H2,1-2H3,(H2,42,44)(H2,43,45)(H,46,54)(H,47,53)(H,50,51). The van der Waals surface area contributed by atoms with E-state index < -0.39 is 47.6 Å². The van der Waals surface area contributed by atoms with Gasteiger partial charge in [-0.15, -0.1) is 4.13 Å². The molecule has 8 N–H and O–H groups in total. The van der Waals surface area contributed by atoms with Crippen LogP contribution in [0.5, 0.6) is 0 Å². The normalized spacial score (nSPS) is 11.8. The van der Waals surface area contributed by atoms with Gasteiger partial charge >= 0.3 is 0 Å². The quantitative estimate of drug-likeness (QED) is 0.0823. The minimum absolute atomic E-state index is 0.0135. The lowest BCUT2D eigenvalue weighted by atomic mass is 10.1. The molecule has 23 heteroatoms. The van der Waals surface area contributed by atoms with E-state index in [4.69, 9.17) is 16.0 Å². The van der Waals surface area contributed by atoms with Gasteiger partial charge in [-0.05, 0) is 74.4 Å². The van der Waals surface area contributed by atoms with Crippen molar-refractivity contribution >= 4 is 70.7 Å². The van der Waals surface area contributed by atoms with Gasteiger partial charge in [0.05, 0.1) is 39.3 Å². The van der Waals surface area contributed by atoms with E-state index in [0.717, 1.165) is 23.3 Å². The lowest BCUT2D eigenvalue weighted by Crippen LogP contribution is -2.33. The zero-order valence-electron chi connectivity index (χ0n) is 33.7. The summed E-state index contributed by atoms with van der Waals surface area (Å²) in [5.74, 6) is -1.84. The van der Waals surface area contributed by atoms with Crippen molar-refractivity contribution in [2.24, 2.45) is 0 Å². The van der Waals surface area contributed by atoms with Gasteiger partial charge in [0.1, 0.15) is 5.76 Å². The van der Waals surface area contributed by atoms with Gasteiger partial charge in [0.2, 0.25) is 10.0 Å². The lowest BCUT2D eigenvalue weighted by molar-refractivity contribution is 0.101. The summed E-state index contributed by atoms with van der Waals surface area (Å²) in [6, 6.07) is 25.4. The van der Waals surface area contributed by atoms with Crippen LogP contribution in [-0.4, -0.2) is 67.9 Å². The third kappa shape index (κ3) is 10.7. The van der Waals surface area contributed by atoms with Crippen LogP contribution in [0.4, 0.5) is 28.8 Å². The van der Waals surface area contributed by atoms with Crippen molar-refractivity contribution in [3.8, 4) is 22.5 Å². The van der Waals surface area contributed by atoms with Crippen LogP contribution in [0, 0.1) is 13.8 Å². The Morgan fingerprint density at radius 1 is 0.625 bits per heavy atom. The Balaban J connectivity index is 0.932. The highest BCUT2D eigenvalue weighted by molar-refractivity contribution is 8.04. The van der Waals surface area contributed by atoms with Gasteiger partial charge in [0.25, 0.3) is 31.9 Å². The van der Waals surface area contributed by atoms with Gasteiger partial charge in [-0.2, -0.15) is 0 Å². The van der Waals surface area contributed by atoms with Gasteiger partial charge in [-0.3, -0.25) is 14.3 Å². The van der Waals surface area contributed by atoms with Crippen LogP contribution in [0.1, 0.15) is 37.9 Å². The number of aromatic nitrogens is 5. The molecule has 0 saturated heterocycles. The first-order valence-electron chi connectivity index (χ1n) is 18.8. The number of nitrogens with two attached hydrogens (primary N) is 2. The van der Waals surface area contributed by atoms with E-state index in [0.29, 0.717) is 22.6 Å². The molecule has 0 radical (unpaired) electrons. The Morgan fingerprint density at radius 2 is 1.09 bits per heavy atom. The van der Waals surface area contributed by atoms with Crippen LogP contribution in [0.25, 0.3) is 22.5 Å². The van der Waals surface area contributed by atoms with E-state index in [1.165, 1.54) is 54.9 Å². The minimum atomic E-state index is -4.54. The Labute approximate surface area is 366 Å². The highest BCUT2D eigenvalue weighted by atomic mass is 32.3. The molecule has 0 aliphatic carbocycles. The number of anilines is 5. The molecule has 20 nitrogen and oxygen atoms in total. The lowest BCUT2D eigenvalue weighted by Gasteiger charge is -2.11. The largest absolute Gasteiger partial charge is 0.382 e. The maximum Gasteiger partial charge on any atom is 0.278 e. The predicted molar refractivity (Wildman–Crippen MR) is 237 cm³/mol. The molecule has 3 aromatic heterocycles. The molecule has 3 heterocycles. The molecular formula is C41H37N11O9S3. The maximum absolute atomic E-state index is 13.2. The summed E-state index contributed by atoms with van der Waals surface area (Å²) in [6.45, 7) is 3.55. The molecule has 7 rings (SSSR count). The maximum atomic E-state index is 13.2. The number of hydrogen-bond donors (Lipinski definition) is 6. The summed E-state index contributed by atoms with van der Waals surface area (Å²) in [5.41, 5.74) is 15.5. The molecular weight excluding hydrogens is 887 g/mol. The summed E-state index contributed by atoms with van der Waals surface area (Å²) in [4.78, 5) is 42.6. The first-order valence-corrected chi connectivity index (χ1v) is 23.4. The number of nitrogen functional groups attached to an aromatic ring is 2. The van der Waals surface area contributed by atoms with Crippen LogP contribution in [0.3, 0.4) is 0 Å². The summed E-state index contributed by atoms with van der Waals surface area (Å²) < 4.78 is 86.4. The van der Waals surface area contributed by atoms with Gasteiger partial charge in [0, 0.05) is 28.6 Å². The number of rotatable bonds is 15. The average molecular weight is 924 g/mol. The molecule has 64 heavy (non-hydrogen) atoms. The van der Waals surface area contributed by atoms with E-state index in [1.807, 2.05) is 31.2 Å². The number of nitrogens with one attached hydrogen (secondary N) is 4. The van der Waals surface area contributed by atoms with Crippen molar-refractivity contribution < 1.29 is 39.4 Å². The second-order valence-electron chi connectivity index (χ2n) is 14.1. The second kappa shape index (κ2) is 18.0. The first kappa shape index (κ1) is 44.5. The van der Waals surface area contributed by atoms with Gasteiger partial charge in [-0.1, -0.05) is 59.3 Å². The van der Waals surface area contributed by atoms with Crippen molar-refractivity contribution in [1.82, 2.24) is 29.2 Å². The zero-order valence-corrected chi connectivity index (χ0v) is 36.1. The number of carbonyl (C=O) groups excluding carboxylic acids is 2. The van der Waals surface area contributed by atoms with Crippen molar-refractivity contribution in [1.29, 1.82) is 0 Å². The molecule has 4 aromatic carbocycles. The molecule has 0 spiro atoms. The van der Waals surface area contributed by atoms with E-state index in [1.54, 1.807) is 35.3 Å². The summed E-state index contributed by atoms with van der Waals surface area (Å²) in [6.07, 6.45) is 2.73. The van der Waals surface area contributed by atoms with Crippen LogP contribution in [0.2, 0.25) is 0 Å². The summed E-state index contributed by atoms with van der Waals surface area (Å²) in [7, 11) is -12.9. The fourth-order valence-corrected chi connectivity index (χ4v) is 9.95. The number of aryl methyl sites for hydroxylation is 3. The van der Waals surface area contributed by atoms with Crippen molar-refractivity contribution in [3.63, 3.8) is 0 Å². The summed E-state index contributed by atoms with van der Waals surface area (Å²) >= 11 is 0. The van der Waals surface area contributed by atoms with Crippen molar-refractivity contribution in [3.05, 3.63) is 144 Å². The Bertz CT molecular complexity index is 3220. The molecule has 0 aliphatic heterocycles.